The molecule has 2 aliphatic heterocycles. The van der Waals surface area contributed by atoms with Crippen LogP contribution in [-0.4, -0.2) is 43.7 Å². The van der Waals surface area contributed by atoms with E-state index < -0.39 is 5.60 Å². The third-order valence-corrected chi connectivity index (χ3v) is 4.47. The van der Waals surface area contributed by atoms with E-state index >= 15 is 0 Å². The Labute approximate surface area is 131 Å². The number of fused-ring (bicyclic) bond motifs is 1. The molecule has 2 aliphatic rings. The van der Waals surface area contributed by atoms with Crippen LogP contribution < -0.4 is 14.8 Å². The summed E-state index contributed by atoms with van der Waals surface area (Å²) >= 11 is 0. The molecule has 1 saturated heterocycles. The van der Waals surface area contributed by atoms with Crippen LogP contribution in [0.3, 0.4) is 0 Å². The van der Waals surface area contributed by atoms with Gasteiger partial charge in [-0.25, -0.2) is 0 Å². The minimum Gasteiger partial charge on any atom is -0.497 e. The molecule has 0 spiro atoms. The van der Waals surface area contributed by atoms with Gasteiger partial charge in [-0.1, -0.05) is 0 Å². The van der Waals surface area contributed by atoms with E-state index in [0.29, 0.717) is 39.1 Å². The average Bonchev–Trinajstić information content (AvgIpc) is 2.88. The lowest BCUT2D eigenvalue weighted by Gasteiger charge is -2.32. The Balaban J connectivity index is 1.66. The Morgan fingerprint density at radius 2 is 2.14 bits per heavy atom. The smallest absolute Gasteiger partial charge is 0.127 e. The van der Waals surface area contributed by atoms with Crippen molar-refractivity contribution < 1.29 is 19.3 Å². The third-order valence-electron chi connectivity index (χ3n) is 4.47. The first-order valence-corrected chi connectivity index (χ1v) is 7.97. The summed E-state index contributed by atoms with van der Waals surface area (Å²) in [4.78, 5) is 0. The molecule has 1 fully saturated rings. The average molecular weight is 307 g/mol. The van der Waals surface area contributed by atoms with Crippen molar-refractivity contribution in [3.63, 3.8) is 0 Å². The lowest BCUT2D eigenvalue weighted by atomic mass is 9.94. The van der Waals surface area contributed by atoms with Crippen LogP contribution in [-0.2, 0) is 17.7 Å². The summed E-state index contributed by atoms with van der Waals surface area (Å²) in [6.07, 6.45) is 2.49. The van der Waals surface area contributed by atoms with Crippen LogP contribution in [0.1, 0.15) is 30.9 Å². The molecular weight excluding hydrogens is 282 g/mol. The van der Waals surface area contributed by atoms with E-state index in [9.17, 15) is 5.11 Å². The number of aliphatic hydroxyl groups is 1. The predicted molar refractivity (Wildman–Crippen MR) is 83.5 cm³/mol. The van der Waals surface area contributed by atoms with Crippen LogP contribution in [0.25, 0.3) is 0 Å². The molecule has 0 amide bonds. The second-order valence-electron chi connectivity index (χ2n) is 6.35. The number of ether oxygens (including phenoxy) is 3. The molecule has 3 rings (SSSR count). The standard InChI is InChI=1S/C17H25NO4/c1-12-7-13-8-15(20-2)9-14(16(13)22-12)10-18-11-17(19)3-5-21-6-4-17/h8-9,12,18-19H,3-7,10-11H2,1-2H3. The predicted octanol–water partition coefficient (Wildman–Crippen LogP) is 1.65. The molecule has 1 atom stereocenters. The van der Waals surface area contributed by atoms with Gasteiger partial charge in [0.25, 0.3) is 0 Å². The quantitative estimate of drug-likeness (QED) is 0.866. The van der Waals surface area contributed by atoms with Crippen LogP contribution in [0.2, 0.25) is 0 Å². The van der Waals surface area contributed by atoms with Crippen LogP contribution in [0.4, 0.5) is 0 Å². The maximum atomic E-state index is 10.5. The summed E-state index contributed by atoms with van der Waals surface area (Å²) in [7, 11) is 1.68. The van der Waals surface area contributed by atoms with Gasteiger partial charge in [-0.2, -0.15) is 0 Å². The van der Waals surface area contributed by atoms with E-state index in [-0.39, 0.29) is 6.10 Å². The lowest BCUT2D eigenvalue weighted by molar-refractivity contribution is -0.0617. The zero-order valence-electron chi connectivity index (χ0n) is 13.4. The van der Waals surface area contributed by atoms with Crippen molar-refractivity contribution in [2.75, 3.05) is 26.9 Å². The fraction of sp³-hybridized carbons (Fsp3) is 0.647. The highest BCUT2D eigenvalue weighted by Crippen LogP contribution is 2.36. The van der Waals surface area contributed by atoms with E-state index in [2.05, 4.69) is 12.2 Å². The van der Waals surface area contributed by atoms with Crippen LogP contribution in [0.15, 0.2) is 12.1 Å². The van der Waals surface area contributed by atoms with Crippen LogP contribution in [0, 0.1) is 0 Å². The molecule has 5 nitrogen and oxygen atoms in total. The molecule has 2 N–H and O–H groups in total. The van der Waals surface area contributed by atoms with Crippen molar-refractivity contribution >= 4 is 0 Å². The van der Waals surface area contributed by atoms with Crippen molar-refractivity contribution in [1.82, 2.24) is 5.32 Å². The van der Waals surface area contributed by atoms with Gasteiger partial charge in [-0.3, -0.25) is 0 Å². The summed E-state index contributed by atoms with van der Waals surface area (Å²) in [5, 5.41) is 13.9. The monoisotopic (exact) mass is 307 g/mol. The molecule has 0 saturated carbocycles. The fourth-order valence-corrected chi connectivity index (χ4v) is 3.19. The van der Waals surface area contributed by atoms with Gasteiger partial charge in [0, 0.05) is 56.7 Å². The van der Waals surface area contributed by atoms with Gasteiger partial charge in [-0.15, -0.1) is 0 Å². The Morgan fingerprint density at radius 3 is 2.86 bits per heavy atom. The molecular formula is C17H25NO4. The highest BCUT2D eigenvalue weighted by molar-refractivity contribution is 5.49. The SMILES string of the molecule is COc1cc(CNCC2(O)CCOCC2)c2c(c1)CC(C)O2. The molecule has 0 bridgehead atoms. The van der Waals surface area contributed by atoms with Crippen molar-refractivity contribution in [2.24, 2.45) is 0 Å². The van der Waals surface area contributed by atoms with Crippen molar-refractivity contribution in [3.8, 4) is 11.5 Å². The Hall–Kier alpha value is -1.30. The normalized spacial score (nSPS) is 23.0. The second-order valence-corrected chi connectivity index (χ2v) is 6.35. The largest absolute Gasteiger partial charge is 0.497 e. The molecule has 22 heavy (non-hydrogen) atoms. The number of hydrogen-bond donors (Lipinski definition) is 2. The van der Waals surface area contributed by atoms with E-state index in [1.165, 1.54) is 5.56 Å². The van der Waals surface area contributed by atoms with Crippen LogP contribution >= 0.6 is 0 Å². The van der Waals surface area contributed by atoms with Gasteiger partial charge in [0.15, 0.2) is 0 Å². The van der Waals surface area contributed by atoms with E-state index in [1.54, 1.807) is 7.11 Å². The first-order chi connectivity index (χ1) is 10.6. The van der Waals surface area contributed by atoms with E-state index in [4.69, 9.17) is 14.2 Å². The molecule has 1 aromatic carbocycles. The van der Waals surface area contributed by atoms with Gasteiger partial charge in [0.05, 0.1) is 12.7 Å². The number of methoxy groups -OCH3 is 1. The second kappa shape index (κ2) is 6.44. The summed E-state index contributed by atoms with van der Waals surface area (Å²) in [6.45, 7) is 4.57. The first-order valence-electron chi connectivity index (χ1n) is 7.97. The van der Waals surface area contributed by atoms with Crippen LogP contribution in [0.5, 0.6) is 11.5 Å². The molecule has 2 heterocycles. The zero-order valence-corrected chi connectivity index (χ0v) is 13.4. The maximum Gasteiger partial charge on any atom is 0.127 e. The molecule has 0 aliphatic carbocycles. The fourth-order valence-electron chi connectivity index (χ4n) is 3.19. The van der Waals surface area contributed by atoms with E-state index in [0.717, 1.165) is 23.5 Å². The van der Waals surface area contributed by atoms with Crippen molar-refractivity contribution in [2.45, 2.75) is 44.4 Å². The first kappa shape index (κ1) is 15.6. The van der Waals surface area contributed by atoms with Crippen molar-refractivity contribution in [3.05, 3.63) is 23.3 Å². The summed E-state index contributed by atoms with van der Waals surface area (Å²) < 4.78 is 16.6. The molecule has 122 valence electrons. The highest BCUT2D eigenvalue weighted by Gasteiger charge is 2.29. The van der Waals surface area contributed by atoms with Gasteiger partial charge in [0.2, 0.25) is 0 Å². The summed E-state index contributed by atoms with van der Waals surface area (Å²) in [6, 6.07) is 4.06. The molecule has 5 heteroatoms. The van der Waals surface area contributed by atoms with Gasteiger partial charge in [0.1, 0.15) is 17.6 Å². The molecule has 1 aromatic rings. The number of nitrogens with one attached hydrogen (secondary N) is 1. The number of rotatable bonds is 5. The van der Waals surface area contributed by atoms with E-state index in [1.807, 2.05) is 12.1 Å². The highest BCUT2D eigenvalue weighted by atomic mass is 16.5. The Kier molecular flexibility index (Phi) is 4.57. The molecule has 0 radical (unpaired) electrons. The molecule has 0 aromatic heterocycles. The molecule has 1 unspecified atom stereocenters. The number of hydrogen-bond acceptors (Lipinski definition) is 5. The minimum absolute atomic E-state index is 0.209. The Morgan fingerprint density at radius 1 is 1.36 bits per heavy atom. The number of benzene rings is 1. The topological polar surface area (TPSA) is 60.0 Å². The van der Waals surface area contributed by atoms with Gasteiger partial charge < -0.3 is 24.6 Å². The minimum atomic E-state index is -0.658. The van der Waals surface area contributed by atoms with Gasteiger partial charge >= 0.3 is 0 Å². The van der Waals surface area contributed by atoms with Gasteiger partial charge in [-0.05, 0) is 19.1 Å². The van der Waals surface area contributed by atoms with Crippen molar-refractivity contribution in [1.29, 1.82) is 0 Å². The third kappa shape index (κ3) is 3.37. The maximum absolute atomic E-state index is 10.5. The summed E-state index contributed by atoms with van der Waals surface area (Å²) in [5.74, 6) is 1.83. The lowest BCUT2D eigenvalue weighted by Crippen LogP contribution is -2.44. The zero-order chi connectivity index (χ0) is 15.6. The Bertz CT molecular complexity index is 526. The summed E-state index contributed by atoms with van der Waals surface area (Å²) in [5.41, 5.74) is 1.64.